The summed E-state index contributed by atoms with van der Waals surface area (Å²) in [7, 11) is 1.59. The van der Waals surface area contributed by atoms with Crippen LogP contribution in [-0.2, 0) is 20.9 Å². The summed E-state index contributed by atoms with van der Waals surface area (Å²) in [6, 6.07) is 14.4. The van der Waals surface area contributed by atoms with E-state index in [0.717, 1.165) is 16.9 Å². The molecule has 0 aliphatic heterocycles. The van der Waals surface area contributed by atoms with Crippen LogP contribution in [0.25, 0.3) is 6.08 Å². The minimum atomic E-state index is -0.898. The lowest BCUT2D eigenvalue weighted by Crippen LogP contribution is -2.35. The van der Waals surface area contributed by atoms with Crippen molar-refractivity contribution in [2.75, 3.05) is 7.11 Å². The minimum Gasteiger partial charge on any atom is -0.497 e. The van der Waals surface area contributed by atoms with Gasteiger partial charge in [0.25, 0.3) is 5.91 Å². The van der Waals surface area contributed by atoms with Crippen molar-refractivity contribution in [2.24, 2.45) is 0 Å². The molecule has 2 rings (SSSR count). The first-order chi connectivity index (χ1) is 12.5. The fraction of sp³-hybridized carbons (Fsp3) is 0.200. The molecule has 5 nitrogen and oxygen atoms in total. The SMILES string of the molecule is COc1ccc(CNC(=O)[C@@H](C)OC(=O)/C=C/c2cccc(Cl)c2)cc1. The van der Waals surface area contributed by atoms with Crippen LogP contribution in [0.2, 0.25) is 5.02 Å². The zero-order valence-corrected chi connectivity index (χ0v) is 15.3. The lowest BCUT2D eigenvalue weighted by atomic mass is 10.2. The molecule has 2 aromatic rings. The van der Waals surface area contributed by atoms with E-state index in [1.165, 1.54) is 13.0 Å². The maximum Gasteiger partial charge on any atom is 0.331 e. The number of halogens is 1. The second-order valence-electron chi connectivity index (χ2n) is 5.53. The van der Waals surface area contributed by atoms with Crippen LogP contribution in [0.5, 0.6) is 5.75 Å². The molecule has 1 amide bonds. The number of esters is 1. The highest BCUT2D eigenvalue weighted by molar-refractivity contribution is 6.30. The standard InChI is InChI=1S/C20H20ClNO4/c1-14(20(24)22-13-16-6-9-18(25-2)10-7-16)26-19(23)11-8-15-4-3-5-17(21)12-15/h3-12,14H,13H2,1-2H3,(H,22,24)/b11-8+/t14-/m1/s1. The lowest BCUT2D eigenvalue weighted by molar-refractivity contribution is -0.150. The second kappa shape index (κ2) is 9.63. The molecule has 0 aliphatic carbocycles. The van der Waals surface area contributed by atoms with Gasteiger partial charge in [0.15, 0.2) is 6.10 Å². The van der Waals surface area contributed by atoms with Crippen molar-refractivity contribution < 1.29 is 19.1 Å². The Labute approximate surface area is 157 Å². The van der Waals surface area contributed by atoms with E-state index in [4.69, 9.17) is 21.1 Å². The number of carbonyl (C=O) groups is 2. The van der Waals surface area contributed by atoms with E-state index < -0.39 is 12.1 Å². The molecule has 0 saturated carbocycles. The summed E-state index contributed by atoms with van der Waals surface area (Å²) in [6.45, 7) is 1.86. The first kappa shape index (κ1) is 19.5. The number of nitrogens with one attached hydrogen (secondary N) is 1. The van der Waals surface area contributed by atoms with E-state index >= 15 is 0 Å². The third-order valence-corrected chi connectivity index (χ3v) is 3.78. The van der Waals surface area contributed by atoms with Crippen LogP contribution in [0.3, 0.4) is 0 Å². The van der Waals surface area contributed by atoms with Gasteiger partial charge in [0.05, 0.1) is 7.11 Å². The molecular formula is C20H20ClNO4. The van der Waals surface area contributed by atoms with E-state index in [1.54, 1.807) is 37.5 Å². The number of hydrogen-bond donors (Lipinski definition) is 1. The summed E-state index contributed by atoms with van der Waals surface area (Å²) in [5.41, 5.74) is 1.68. The average molecular weight is 374 g/mol. The van der Waals surface area contributed by atoms with Crippen LogP contribution in [0.15, 0.2) is 54.6 Å². The predicted molar refractivity (Wildman–Crippen MR) is 101 cm³/mol. The first-order valence-corrected chi connectivity index (χ1v) is 8.40. The Balaban J connectivity index is 1.80. The predicted octanol–water partition coefficient (Wildman–Crippen LogP) is 3.61. The number of benzene rings is 2. The maximum atomic E-state index is 12.0. The molecule has 2 aromatic carbocycles. The van der Waals surface area contributed by atoms with Crippen LogP contribution >= 0.6 is 11.6 Å². The van der Waals surface area contributed by atoms with Crippen LogP contribution in [-0.4, -0.2) is 25.1 Å². The van der Waals surface area contributed by atoms with E-state index in [2.05, 4.69) is 5.32 Å². The van der Waals surface area contributed by atoms with Crippen LogP contribution in [0, 0.1) is 0 Å². The Hall–Kier alpha value is -2.79. The molecule has 26 heavy (non-hydrogen) atoms. The lowest BCUT2D eigenvalue weighted by Gasteiger charge is -2.12. The van der Waals surface area contributed by atoms with E-state index in [9.17, 15) is 9.59 Å². The summed E-state index contributed by atoms with van der Waals surface area (Å²) < 4.78 is 10.2. The number of amides is 1. The zero-order chi connectivity index (χ0) is 18.9. The fourth-order valence-electron chi connectivity index (χ4n) is 2.12. The number of carbonyl (C=O) groups excluding carboxylic acids is 2. The Morgan fingerprint density at radius 2 is 1.92 bits per heavy atom. The van der Waals surface area contributed by atoms with Gasteiger partial charge in [0, 0.05) is 17.6 Å². The normalized spacial score (nSPS) is 11.8. The van der Waals surface area contributed by atoms with Gasteiger partial charge in [-0.2, -0.15) is 0 Å². The summed E-state index contributed by atoms with van der Waals surface area (Å²) in [6.07, 6.45) is 1.94. The van der Waals surface area contributed by atoms with Crippen LogP contribution < -0.4 is 10.1 Å². The number of methoxy groups -OCH3 is 1. The molecule has 0 aromatic heterocycles. The highest BCUT2D eigenvalue weighted by Crippen LogP contribution is 2.12. The molecule has 136 valence electrons. The molecule has 6 heteroatoms. The number of ether oxygens (including phenoxy) is 2. The van der Waals surface area contributed by atoms with E-state index in [0.29, 0.717) is 11.6 Å². The summed E-state index contributed by atoms with van der Waals surface area (Å²) in [5, 5.41) is 3.30. The van der Waals surface area contributed by atoms with E-state index in [1.807, 2.05) is 24.3 Å². The summed E-state index contributed by atoms with van der Waals surface area (Å²) in [4.78, 5) is 23.9. The molecule has 0 saturated heterocycles. The average Bonchev–Trinajstić information content (AvgIpc) is 2.65. The van der Waals surface area contributed by atoms with Crippen molar-refractivity contribution in [1.82, 2.24) is 5.32 Å². The second-order valence-corrected chi connectivity index (χ2v) is 5.97. The van der Waals surface area contributed by atoms with Gasteiger partial charge in [0.1, 0.15) is 5.75 Å². The molecule has 1 atom stereocenters. The third-order valence-electron chi connectivity index (χ3n) is 3.55. The van der Waals surface area contributed by atoms with Crippen molar-refractivity contribution in [2.45, 2.75) is 19.6 Å². The smallest absolute Gasteiger partial charge is 0.331 e. The molecule has 1 N–H and O–H groups in total. The minimum absolute atomic E-state index is 0.336. The molecule has 0 heterocycles. The molecule has 0 aliphatic rings. The van der Waals surface area contributed by atoms with Crippen molar-refractivity contribution in [3.63, 3.8) is 0 Å². The maximum absolute atomic E-state index is 12.0. The highest BCUT2D eigenvalue weighted by Gasteiger charge is 2.16. The van der Waals surface area contributed by atoms with Gasteiger partial charge >= 0.3 is 5.97 Å². The summed E-state index contributed by atoms with van der Waals surface area (Å²) in [5.74, 6) is -0.226. The molecule has 0 bridgehead atoms. The topological polar surface area (TPSA) is 64.6 Å². The molecule has 0 spiro atoms. The van der Waals surface area contributed by atoms with Gasteiger partial charge in [-0.25, -0.2) is 4.79 Å². The fourth-order valence-corrected chi connectivity index (χ4v) is 2.32. The van der Waals surface area contributed by atoms with Gasteiger partial charge in [-0.05, 0) is 48.4 Å². The van der Waals surface area contributed by atoms with Crippen LogP contribution in [0.1, 0.15) is 18.1 Å². The Morgan fingerprint density at radius 3 is 2.58 bits per heavy atom. The highest BCUT2D eigenvalue weighted by atomic mass is 35.5. The van der Waals surface area contributed by atoms with Crippen molar-refractivity contribution >= 4 is 29.6 Å². The molecular weight excluding hydrogens is 354 g/mol. The first-order valence-electron chi connectivity index (χ1n) is 8.03. The van der Waals surface area contributed by atoms with Gasteiger partial charge in [0.2, 0.25) is 0 Å². The van der Waals surface area contributed by atoms with Gasteiger partial charge < -0.3 is 14.8 Å². The van der Waals surface area contributed by atoms with E-state index in [-0.39, 0.29) is 5.91 Å². The van der Waals surface area contributed by atoms with Crippen molar-refractivity contribution in [1.29, 1.82) is 0 Å². The van der Waals surface area contributed by atoms with Crippen LogP contribution in [0.4, 0.5) is 0 Å². The molecule has 0 fully saturated rings. The van der Waals surface area contributed by atoms with Crippen molar-refractivity contribution in [3.05, 3.63) is 70.8 Å². The number of hydrogen-bond acceptors (Lipinski definition) is 4. The largest absolute Gasteiger partial charge is 0.497 e. The Bertz CT molecular complexity index is 787. The van der Waals surface area contributed by atoms with Gasteiger partial charge in [-0.1, -0.05) is 35.9 Å². The third kappa shape index (κ3) is 6.26. The quantitative estimate of drug-likeness (QED) is 0.594. The van der Waals surface area contributed by atoms with Gasteiger partial charge in [-0.15, -0.1) is 0 Å². The zero-order valence-electron chi connectivity index (χ0n) is 14.6. The molecule has 0 radical (unpaired) electrons. The van der Waals surface area contributed by atoms with Gasteiger partial charge in [-0.3, -0.25) is 4.79 Å². The van der Waals surface area contributed by atoms with Crippen molar-refractivity contribution in [3.8, 4) is 5.75 Å². The summed E-state index contributed by atoms with van der Waals surface area (Å²) >= 11 is 5.88. The Kier molecular flexibility index (Phi) is 7.24. The number of rotatable bonds is 7. The molecule has 0 unspecified atom stereocenters. The monoisotopic (exact) mass is 373 g/mol. The Morgan fingerprint density at radius 1 is 1.19 bits per heavy atom.